The van der Waals surface area contributed by atoms with E-state index in [0.29, 0.717) is 6.54 Å². The molecule has 1 fully saturated rings. The summed E-state index contributed by atoms with van der Waals surface area (Å²) in [5.41, 5.74) is 0.843. The van der Waals surface area contributed by atoms with E-state index < -0.39 is 24.1 Å². The molecule has 0 unspecified atom stereocenters. The maximum absolute atomic E-state index is 13.7. The second-order valence-corrected chi connectivity index (χ2v) is 7.13. The lowest BCUT2D eigenvalue weighted by Gasteiger charge is -2.32. The van der Waals surface area contributed by atoms with Crippen molar-refractivity contribution in [3.05, 3.63) is 40.6 Å². The zero-order valence-electron chi connectivity index (χ0n) is 15.2. The molecule has 24 heavy (non-hydrogen) atoms. The van der Waals surface area contributed by atoms with Gasteiger partial charge in [-0.2, -0.15) is 0 Å². The average Bonchev–Trinajstić information content (AvgIpc) is 2.68. The molecule has 0 bridgehead atoms. The fourth-order valence-corrected chi connectivity index (χ4v) is 2.52. The zero-order valence-corrected chi connectivity index (χ0v) is 15.2. The highest BCUT2D eigenvalue weighted by atomic mass is 19.1. The van der Waals surface area contributed by atoms with Crippen LogP contribution in [0.4, 0.5) is 4.39 Å². The van der Waals surface area contributed by atoms with Crippen molar-refractivity contribution in [2.45, 2.75) is 45.8 Å². The maximum atomic E-state index is 13.7. The minimum absolute atomic E-state index is 0.0847. The van der Waals surface area contributed by atoms with Crippen molar-refractivity contribution in [2.24, 2.45) is 0 Å². The third kappa shape index (κ3) is 3.77. The Kier molecular flexibility index (Phi) is 5.33. The first-order chi connectivity index (χ1) is 11.1. The van der Waals surface area contributed by atoms with E-state index in [4.69, 9.17) is 9.31 Å². The summed E-state index contributed by atoms with van der Waals surface area (Å²) in [6, 6.07) is 4.50. The minimum Gasteiger partial charge on any atom is -0.400 e. The van der Waals surface area contributed by atoms with E-state index in [-0.39, 0.29) is 11.3 Å². The molecular weight excluding hydrogens is 308 g/mol. The first-order valence-corrected chi connectivity index (χ1v) is 8.08. The van der Waals surface area contributed by atoms with Gasteiger partial charge in [-0.25, -0.2) is 4.39 Å². The van der Waals surface area contributed by atoms with Crippen LogP contribution in [0.1, 0.15) is 50.5 Å². The molecule has 0 aromatic heterocycles. The molecule has 130 valence electrons. The van der Waals surface area contributed by atoms with Crippen LogP contribution < -0.4 is 5.32 Å². The van der Waals surface area contributed by atoms with Crippen LogP contribution in [0.2, 0.25) is 0 Å². The highest BCUT2D eigenvalue weighted by Crippen LogP contribution is 2.38. The van der Waals surface area contributed by atoms with Gasteiger partial charge in [-0.3, -0.25) is 4.79 Å². The van der Waals surface area contributed by atoms with Crippen LogP contribution in [-0.2, 0) is 9.31 Å². The van der Waals surface area contributed by atoms with Gasteiger partial charge in [0.1, 0.15) is 5.82 Å². The Balaban J connectivity index is 2.37. The van der Waals surface area contributed by atoms with E-state index in [2.05, 4.69) is 5.32 Å². The molecule has 2 rings (SSSR count). The van der Waals surface area contributed by atoms with Crippen LogP contribution in [0.5, 0.6) is 0 Å². The molecule has 0 amide bonds. The fraction of sp³-hybridized carbons (Fsp3) is 0.500. The predicted molar refractivity (Wildman–Crippen MR) is 94.4 cm³/mol. The van der Waals surface area contributed by atoms with Crippen LogP contribution in [0, 0.1) is 5.82 Å². The molecule has 6 heteroatoms. The summed E-state index contributed by atoms with van der Waals surface area (Å²) < 4.78 is 25.9. The molecule has 1 saturated heterocycles. The fourth-order valence-electron chi connectivity index (χ4n) is 2.52. The normalized spacial score (nSPS) is 19.6. The Hall–Kier alpha value is -1.50. The number of halogens is 1. The summed E-state index contributed by atoms with van der Waals surface area (Å²) >= 11 is 0. The summed E-state index contributed by atoms with van der Waals surface area (Å²) in [5.74, 6) is -0.806. The monoisotopic (exact) mass is 333 g/mol. The van der Waals surface area contributed by atoms with Crippen LogP contribution >= 0.6 is 0 Å². The quantitative estimate of drug-likeness (QED) is 0.664. The van der Waals surface area contributed by atoms with Crippen molar-refractivity contribution < 1.29 is 18.5 Å². The molecular formula is C18H25BFNO3. The summed E-state index contributed by atoms with van der Waals surface area (Å²) in [5, 5.41) is 3.10. The third-order valence-electron chi connectivity index (χ3n) is 4.66. The van der Waals surface area contributed by atoms with Crippen molar-refractivity contribution in [3.63, 3.8) is 0 Å². The number of nitrogens with one attached hydrogen (secondary N) is 1. The van der Waals surface area contributed by atoms with Crippen molar-refractivity contribution in [3.8, 4) is 0 Å². The lowest BCUT2D eigenvalue weighted by atomic mass is 9.77. The number of hydrogen-bond donors (Lipinski definition) is 1. The number of carbonyl (C=O) groups excluding carboxylic acids is 1. The zero-order chi connectivity index (χ0) is 18.1. The summed E-state index contributed by atoms with van der Waals surface area (Å²) in [4.78, 5) is 11.5. The second-order valence-electron chi connectivity index (χ2n) is 7.13. The summed E-state index contributed by atoms with van der Waals surface area (Å²) in [7, 11) is 1.35. The summed E-state index contributed by atoms with van der Waals surface area (Å²) in [6.45, 7) is 9.90. The van der Waals surface area contributed by atoms with Gasteiger partial charge in [0.25, 0.3) is 0 Å². The van der Waals surface area contributed by atoms with Gasteiger partial charge in [0.15, 0.2) is 5.78 Å². The van der Waals surface area contributed by atoms with Crippen molar-refractivity contribution in [1.29, 1.82) is 0 Å². The lowest BCUT2D eigenvalue weighted by Crippen LogP contribution is -2.41. The largest absolute Gasteiger partial charge is 0.491 e. The van der Waals surface area contributed by atoms with Crippen LogP contribution in [0.25, 0.3) is 6.08 Å². The van der Waals surface area contributed by atoms with E-state index in [1.54, 1.807) is 12.1 Å². The Morgan fingerprint density at radius 3 is 2.33 bits per heavy atom. The first kappa shape index (κ1) is 18.8. The lowest BCUT2D eigenvalue weighted by molar-refractivity contribution is 0.00578. The van der Waals surface area contributed by atoms with Gasteiger partial charge in [0.2, 0.25) is 0 Å². The van der Waals surface area contributed by atoms with Gasteiger partial charge in [-0.15, -0.1) is 0 Å². The molecule has 0 spiro atoms. The van der Waals surface area contributed by atoms with Crippen LogP contribution in [0.15, 0.2) is 23.7 Å². The second kappa shape index (κ2) is 6.79. The number of ketones is 1. The number of likely N-dealkylation sites (N-methyl/N-ethyl adjacent to an activating group) is 1. The van der Waals surface area contributed by atoms with E-state index in [1.807, 2.05) is 40.8 Å². The Labute approximate surface area is 143 Å². The van der Waals surface area contributed by atoms with Crippen molar-refractivity contribution in [2.75, 3.05) is 13.6 Å². The van der Waals surface area contributed by atoms with Gasteiger partial charge < -0.3 is 14.6 Å². The highest BCUT2D eigenvalue weighted by Gasteiger charge is 2.52. The smallest absolute Gasteiger partial charge is 0.400 e. The number of Topliss-reactive ketones (excluding diaryl/α,β-unsaturated/α-hetero) is 1. The Morgan fingerprint density at radius 1 is 1.25 bits per heavy atom. The van der Waals surface area contributed by atoms with Gasteiger partial charge in [0.05, 0.1) is 16.8 Å². The molecule has 1 aliphatic heterocycles. The average molecular weight is 333 g/mol. The topological polar surface area (TPSA) is 47.6 Å². The Morgan fingerprint density at radius 2 is 1.83 bits per heavy atom. The molecule has 1 aromatic carbocycles. The molecule has 1 heterocycles. The predicted octanol–water partition coefficient (Wildman–Crippen LogP) is 3.26. The number of rotatable bonds is 5. The van der Waals surface area contributed by atoms with Crippen molar-refractivity contribution >= 4 is 19.0 Å². The van der Waals surface area contributed by atoms with E-state index in [0.717, 1.165) is 11.0 Å². The number of benzene rings is 1. The van der Waals surface area contributed by atoms with E-state index >= 15 is 0 Å². The number of hydrogen-bond acceptors (Lipinski definition) is 4. The molecule has 4 nitrogen and oxygen atoms in total. The molecule has 0 radical (unpaired) electrons. The minimum atomic E-state index is -0.509. The molecule has 1 aromatic rings. The van der Waals surface area contributed by atoms with E-state index in [1.165, 1.54) is 13.0 Å². The maximum Gasteiger partial charge on any atom is 0.491 e. The van der Waals surface area contributed by atoms with Gasteiger partial charge in [-0.05, 0) is 64.8 Å². The third-order valence-corrected chi connectivity index (χ3v) is 4.66. The SMILES string of the molecule is CNCC(=Cc1ccc(F)c(C(C)=O)c1)B1OC(C)(C)C(C)(C)O1. The molecule has 1 aliphatic rings. The van der Waals surface area contributed by atoms with Crippen LogP contribution in [-0.4, -0.2) is 37.7 Å². The van der Waals surface area contributed by atoms with Gasteiger partial charge >= 0.3 is 7.12 Å². The molecule has 0 atom stereocenters. The van der Waals surface area contributed by atoms with Gasteiger partial charge in [-0.1, -0.05) is 12.1 Å². The molecule has 0 aliphatic carbocycles. The van der Waals surface area contributed by atoms with Gasteiger partial charge in [0, 0.05) is 6.54 Å². The van der Waals surface area contributed by atoms with Crippen LogP contribution in [0.3, 0.4) is 0 Å². The molecule has 0 saturated carbocycles. The van der Waals surface area contributed by atoms with Crippen molar-refractivity contribution in [1.82, 2.24) is 5.32 Å². The number of carbonyl (C=O) groups is 1. The first-order valence-electron chi connectivity index (χ1n) is 8.08. The summed E-state index contributed by atoms with van der Waals surface area (Å²) in [6.07, 6.45) is 1.88. The Bertz CT molecular complexity index is 654. The van der Waals surface area contributed by atoms with E-state index in [9.17, 15) is 9.18 Å². The molecule has 1 N–H and O–H groups in total. The highest BCUT2D eigenvalue weighted by molar-refractivity contribution is 6.55. The standard InChI is InChI=1S/C18H25BFNO3/c1-12(22)15-10-13(7-8-16(15)20)9-14(11-21-6)19-23-17(2,3)18(4,5)24-19/h7-10,21H,11H2,1-6H3.